The fourth-order valence-electron chi connectivity index (χ4n) is 9.82. The number of methoxy groups -OCH3 is 1. The third-order valence-corrected chi connectivity index (χ3v) is 17.7. The number of hydrazine groups is 2. The van der Waals surface area contributed by atoms with E-state index in [9.17, 15) is 47.9 Å². The number of ether oxygens (including phenoxy) is 6. The lowest BCUT2D eigenvalue weighted by atomic mass is 9.95. The first-order valence-corrected chi connectivity index (χ1v) is 33.3. The summed E-state index contributed by atoms with van der Waals surface area (Å²) in [4.78, 5) is 125. The second kappa shape index (κ2) is 31.9. The second-order valence-corrected chi connectivity index (χ2v) is 24.7. The average Bonchev–Trinajstić information content (AvgIpc) is 1.68. The lowest BCUT2D eigenvalue weighted by Crippen LogP contribution is -2.35. The summed E-state index contributed by atoms with van der Waals surface area (Å²) in [5.41, 5.74) is 10.5. The molecule has 8 aromatic rings. The first-order valence-electron chi connectivity index (χ1n) is 30.3. The number of carbonyl (C=O) groups is 10. The van der Waals surface area contributed by atoms with Crippen LogP contribution in [0.15, 0.2) is 213 Å². The van der Waals surface area contributed by atoms with Crippen LogP contribution in [0.1, 0.15) is 101 Å². The number of halogens is 1. The Hall–Kier alpha value is -11.6. The van der Waals surface area contributed by atoms with Gasteiger partial charge >= 0.3 is 23.9 Å². The third kappa shape index (κ3) is 17.0. The largest absolute Gasteiger partial charge is 0.497 e. The Morgan fingerprint density at radius 1 is 0.586 bits per heavy atom. The number of thiophene rings is 3. The number of aryl methyl sites for hydroxylation is 1. The summed E-state index contributed by atoms with van der Waals surface area (Å²) < 4.78 is 32.4. The molecule has 2 saturated heterocycles. The first kappa shape index (κ1) is 70.2. The van der Waals surface area contributed by atoms with E-state index in [1.807, 2.05) is 13.8 Å². The van der Waals surface area contributed by atoms with E-state index in [1.165, 1.54) is 76.3 Å². The predicted octanol–water partition coefficient (Wildman–Crippen LogP) is 13.3. The summed E-state index contributed by atoms with van der Waals surface area (Å²) in [6.45, 7) is 9.25. The van der Waals surface area contributed by atoms with Crippen molar-refractivity contribution in [3.05, 3.63) is 256 Å². The maximum Gasteiger partial charge on any atom is 0.353 e. The molecule has 6 heterocycles. The Bertz CT molecular complexity index is 4670. The summed E-state index contributed by atoms with van der Waals surface area (Å²) >= 11 is 9.89. The normalized spacial score (nSPS) is 16.0. The monoisotopic (exact) mass is 1410 g/mol. The molecule has 99 heavy (non-hydrogen) atoms. The van der Waals surface area contributed by atoms with Crippen molar-refractivity contribution in [1.82, 2.24) is 10.9 Å². The smallest absolute Gasteiger partial charge is 0.353 e. The lowest BCUT2D eigenvalue weighted by Gasteiger charge is -2.19. The zero-order valence-electron chi connectivity index (χ0n) is 53.6. The Labute approximate surface area is 583 Å². The predicted molar refractivity (Wildman–Crippen MR) is 375 cm³/mol. The molecule has 1 aliphatic carbocycles. The van der Waals surface area contributed by atoms with E-state index in [0.29, 0.717) is 106 Å². The molecule has 502 valence electrons. The summed E-state index contributed by atoms with van der Waals surface area (Å²) in [6.07, 6.45) is 8.38. The minimum absolute atomic E-state index is 0.0238. The van der Waals surface area contributed by atoms with Crippen LogP contribution >= 0.6 is 45.6 Å². The van der Waals surface area contributed by atoms with Gasteiger partial charge in [-0.05, 0) is 195 Å². The topological polar surface area (TPSA) is 272 Å². The van der Waals surface area contributed by atoms with E-state index in [2.05, 4.69) is 16.0 Å². The fraction of sp³-hybridized carbons (Fsp3) is 0.137. The van der Waals surface area contributed by atoms with Gasteiger partial charge in [0.05, 0.1) is 54.2 Å². The van der Waals surface area contributed by atoms with Crippen LogP contribution < -0.4 is 40.1 Å². The van der Waals surface area contributed by atoms with E-state index in [1.54, 1.807) is 188 Å². The maximum atomic E-state index is 13.1. The van der Waals surface area contributed by atoms with Crippen LogP contribution in [0.5, 0.6) is 17.2 Å². The number of hydrogen-bond donors (Lipinski definition) is 2. The number of nitrogens with one attached hydrogen (secondary N) is 2. The number of nitrogens with zero attached hydrogens (tertiary/aromatic N) is 4. The van der Waals surface area contributed by atoms with Crippen molar-refractivity contribution >= 4 is 140 Å². The Morgan fingerprint density at radius 3 is 1.77 bits per heavy atom. The molecular weight excluding hydrogens is 1350 g/mol. The highest BCUT2D eigenvalue weighted by Gasteiger charge is 2.37. The van der Waals surface area contributed by atoms with Crippen LogP contribution in [0.2, 0.25) is 5.02 Å². The number of amides is 5. The van der Waals surface area contributed by atoms with Crippen LogP contribution in [0.25, 0.3) is 12.2 Å². The number of hydrogen-bond acceptors (Lipinski definition) is 20. The summed E-state index contributed by atoms with van der Waals surface area (Å²) in [5.74, 6) is -2.87. The molecule has 5 aromatic carbocycles. The molecule has 2 fully saturated rings. The molecule has 0 bridgehead atoms. The molecule has 1 atom stereocenters. The zero-order valence-corrected chi connectivity index (χ0v) is 56.8. The van der Waals surface area contributed by atoms with E-state index in [4.69, 9.17) is 40.0 Å². The SMILES string of the molecule is CCOC(=O)c1ccc(N2NC(=O)/C(=C/C3C=CC(OC(=O)c4cccs4)=C(OC)C3)C2=O)cc1.CCOc1cc(/C=C2\C(=O)N(c3ccc(C(C)=O)cc3)N=C2C)ccc1OC(=O)c1cccs1.Cc1cc(N2NC(=O)/C(=C\c3cccc(OC(=O)c4cccs4)c3)C2=O)ccc1Cl. The van der Waals surface area contributed by atoms with Crippen molar-refractivity contribution < 1.29 is 76.4 Å². The Morgan fingerprint density at radius 2 is 1.16 bits per heavy atom. The third-order valence-electron chi connectivity index (χ3n) is 14.7. The van der Waals surface area contributed by atoms with Gasteiger partial charge in [0.25, 0.3) is 29.5 Å². The van der Waals surface area contributed by atoms with Gasteiger partial charge in [-0.1, -0.05) is 60.2 Å². The molecule has 5 amide bonds. The van der Waals surface area contributed by atoms with E-state index < -0.39 is 47.5 Å². The van der Waals surface area contributed by atoms with Crippen LogP contribution in [0.4, 0.5) is 17.1 Å². The number of allylic oxidation sites excluding steroid dienone is 4. The minimum Gasteiger partial charge on any atom is -0.497 e. The highest BCUT2D eigenvalue weighted by Crippen LogP contribution is 2.35. The molecule has 0 saturated carbocycles. The number of ketones is 1. The number of esters is 4. The van der Waals surface area contributed by atoms with Crippen LogP contribution in [-0.4, -0.2) is 85.2 Å². The standard InChI is InChI=1S/C26H22N2O5S.C25H22N2O7S.C22H15ClN2O4S/c1-4-32-23-15-18(7-12-22(23)33-26(31)24-6-5-13-34-24)14-21-16(2)27-28(25(21)30)20-10-8-19(9-11-20)17(3)29;1-3-33-24(30)16-7-9-17(10-8-16)27-23(29)18(22(28)26-27)13-15-6-11-19(20(14-15)32-2)34-25(31)21-5-4-12-35-21;1-13-10-15(7-8-18(13)23)25-21(27)17(20(26)24-25)12-14-4-2-5-16(11-14)29-22(28)19-6-3-9-30-19/h5-15H,4H2,1-3H3;4-13,15H,3,14H2,1-2H3,(H,26,28);2-12H,1H3,(H,24,26)/b21-14-;18-13-;17-12+. The van der Waals surface area contributed by atoms with E-state index in [0.717, 1.165) is 10.6 Å². The summed E-state index contributed by atoms with van der Waals surface area (Å²) in [5, 5.41) is 13.9. The van der Waals surface area contributed by atoms with Gasteiger partial charge in [-0.2, -0.15) is 10.1 Å². The van der Waals surface area contributed by atoms with Gasteiger partial charge in [0.15, 0.2) is 23.0 Å². The van der Waals surface area contributed by atoms with Gasteiger partial charge < -0.3 is 28.4 Å². The van der Waals surface area contributed by atoms with Crippen molar-refractivity contribution in [3.8, 4) is 17.2 Å². The highest BCUT2D eigenvalue weighted by atomic mass is 35.5. The van der Waals surface area contributed by atoms with Crippen LogP contribution in [0.3, 0.4) is 0 Å². The van der Waals surface area contributed by atoms with Crippen molar-refractivity contribution in [2.75, 3.05) is 35.4 Å². The number of Topliss-reactive ketones (excluding diaryl/α,β-unsaturated/α-hetero) is 1. The molecule has 3 aliphatic heterocycles. The van der Waals surface area contributed by atoms with E-state index in [-0.39, 0.29) is 41.1 Å². The average molecular weight is 1410 g/mol. The quantitative estimate of drug-likeness (QED) is 0.0266. The Balaban J connectivity index is 0.000000161. The van der Waals surface area contributed by atoms with E-state index >= 15 is 0 Å². The van der Waals surface area contributed by atoms with Gasteiger partial charge in [-0.3, -0.25) is 39.6 Å². The number of anilines is 3. The molecule has 12 rings (SSSR count). The molecule has 3 aromatic heterocycles. The molecule has 0 spiro atoms. The number of carbonyl (C=O) groups excluding carboxylic acids is 10. The fourth-order valence-corrected chi connectivity index (χ4v) is 11.7. The molecular formula is C73H59ClN6O16S3. The lowest BCUT2D eigenvalue weighted by molar-refractivity contribution is -0.118. The summed E-state index contributed by atoms with van der Waals surface area (Å²) in [7, 11) is 1.47. The molecule has 22 nitrogen and oxygen atoms in total. The van der Waals surface area contributed by atoms with Gasteiger partial charge in [-0.25, -0.2) is 29.2 Å². The summed E-state index contributed by atoms with van der Waals surface area (Å²) in [6, 6.07) is 40.0. The van der Waals surface area contributed by atoms with Crippen molar-refractivity contribution in [1.29, 1.82) is 0 Å². The molecule has 0 radical (unpaired) electrons. The molecule has 26 heteroatoms. The zero-order chi connectivity index (χ0) is 70.4. The number of hydrazone groups is 1. The van der Waals surface area contributed by atoms with Gasteiger partial charge in [-0.15, -0.1) is 34.0 Å². The maximum absolute atomic E-state index is 13.1. The van der Waals surface area contributed by atoms with Gasteiger partial charge in [0.1, 0.15) is 37.3 Å². The molecule has 4 aliphatic rings. The molecule has 1 unspecified atom stereocenters. The highest BCUT2D eigenvalue weighted by molar-refractivity contribution is 7.12. The minimum atomic E-state index is -0.546. The number of benzene rings is 5. The second-order valence-electron chi connectivity index (χ2n) is 21.5. The van der Waals surface area contributed by atoms with Crippen molar-refractivity contribution in [3.63, 3.8) is 0 Å². The van der Waals surface area contributed by atoms with Crippen molar-refractivity contribution in [2.45, 2.75) is 41.0 Å². The Kier molecular flexibility index (Phi) is 22.6. The van der Waals surface area contributed by atoms with Gasteiger partial charge in [0, 0.05) is 22.9 Å². The van der Waals surface area contributed by atoms with Gasteiger partial charge in [0.2, 0.25) is 0 Å². The number of rotatable bonds is 18. The van der Waals surface area contributed by atoms with Crippen molar-refractivity contribution in [2.24, 2.45) is 11.0 Å². The van der Waals surface area contributed by atoms with Crippen LogP contribution in [-0.2, 0) is 38.2 Å². The first-order chi connectivity index (χ1) is 47.7. The van der Waals surface area contributed by atoms with Crippen LogP contribution in [0, 0.1) is 12.8 Å². The molecule has 2 N–H and O–H groups in total.